The number of nitrogens with one attached hydrogen (secondary N) is 3. The molecule has 3 rings (SSSR count). The largest absolute Gasteiger partial charge is 0.305 e. The number of amides is 1. The molecule has 2 heterocycles. The van der Waals surface area contributed by atoms with Crippen molar-refractivity contribution in [2.24, 2.45) is 0 Å². The molecule has 0 radical (unpaired) electrons. The van der Waals surface area contributed by atoms with Gasteiger partial charge in [-0.3, -0.25) is 15.0 Å². The van der Waals surface area contributed by atoms with Gasteiger partial charge in [-0.25, -0.2) is 0 Å². The van der Waals surface area contributed by atoms with Gasteiger partial charge in [0, 0.05) is 21.3 Å². The number of benzene rings is 1. The molecular formula is C14H12BrN5O. The minimum atomic E-state index is -0.295. The van der Waals surface area contributed by atoms with Crippen LogP contribution in [-0.2, 0) is 0 Å². The summed E-state index contributed by atoms with van der Waals surface area (Å²) in [7, 11) is 0. The van der Waals surface area contributed by atoms with Crippen molar-refractivity contribution in [3.05, 3.63) is 52.4 Å². The van der Waals surface area contributed by atoms with Crippen molar-refractivity contribution in [2.45, 2.75) is 6.92 Å². The Morgan fingerprint density at radius 1 is 1.24 bits per heavy atom. The first-order chi connectivity index (χ1) is 10.1. The Bertz CT molecular complexity index is 792. The molecular weight excluding hydrogens is 334 g/mol. The Hall–Kier alpha value is -2.41. The van der Waals surface area contributed by atoms with Crippen molar-refractivity contribution < 1.29 is 4.79 Å². The fourth-order valence-corrected chi connectivity index (χ4v) is 2.48. The highest BCUT2D eigenvalue weighted by Gasteiger charge is 2.15. The standard InChI is InChI=1S/C14H12BrN5O/c1-8-6-12(19-18-8)14(21)17-13-10(7-16-20-13)9-4-2-3-5-11(9)15/h2-7H,1H3,(H,18,19)(H2,16,17,20,21). The van der Waals surface area contributed by atoms with Crippen molar-refractivity contribution in [3.8, 4) is 11.1 Å². The first-order valence-electron chi connectivity index (χ1n) is 6.27. The van der Waals surface area contributed by atoms with Crippen LogP contribution in [-0.4, -0.2) is 26.3 Å². The first-order valence-corrected chi connectivity index (χ1v) is 7.06. The van der Waals surface area contributed by atoms with Gasteiger partial charge in [0.15, 0.2) is 5.69 Å². The van der Waals surface area contributed by atoms with Crippen molar-refractivity contribution in [2.75, 3.05) is 5.32 Å². The van der Waals surface area contributed by atoms with Crippen LogP contribution >= 0.6 is 15.9 Å². The molecule has 1 aromatic carbocycles. The van der Waals surface area contributed by atoms with E-state index in [4.69, 9.17) is 0 Å². The number of aryl methyl sites for hydroxylation is 1. The fourth-order valence-electron chi connectivity index (χ4n) is 1.98. The number of hydrogen-bond acceptors (Lipinski definition) is 3. The molecule has 21 heavy (non-hydrogen) atoms. The lowest BCUT2D eigenvalue weighted by Gasteiger charge is -2.06. The third-order valence-electron chi connectivity index (χ3n) is 2.98. The average molecular weight is 346 g/mol. The van der Waals surface area contributed by atoms with E-state index in [0.717, 1.165) is 21.3 Å². The van der Waals surface area contributed by atoms with Crippen molar-refractivity contribution in [3.63, 3.8) is 0 Å². The van der Waals surface area contributed by atoms with E-state index in [1.807, 2.05) is 31.2 Å². The number of nitrogens with zero attached hydrogens (tertiary/aromatic N) is 2. The Morgan fingerprint density at radius 3 is 2.76 bits per heavy atom. The lowest BCUT2D eigenvalue weighted by molar-refractivity contribution is 0.102. The summed E-state index contributed by atoms with van der Waals surface area (Å²) in [5, 5.41) is 16.3. The highest BCUT2D eigenvalue weighted by atomic mass is 79.9. The lowest BCUT2D eigenvalue weighted by Crippen LogP contribution is -2.13. The number of halogens is 1. The van der Waals surface area contributed by atoms with Gasteiger partial charge in [0.05, 0.1) is 6.20 Å². The Balaban J connectivity index is 1.90. The van der Waals surface area contributed by atoms with Gasteiger partial charge in [-0.2, -0.15) is 10.2 Å². The van der Waals surface area contributed by atoms with Crippen molar-refractivity contribution >= 4 is 27.7 Å². The van der Waals surface area contributed by atoms with Gasteiger partial charge < -0.3 is 5.32 Å². The van der Waals surface area contributed by atoms with Crippen LogP contribution in [0.4, 0.5) is 5.82 Å². The molecule has 0 aliphatic heterocycles. The van der Waals surface area contributed by atoms with Gasteiger partial charge in [-0.1, -0.05) is 34.1 Å². The van der Waals surface area contributed by atoms with Crippen LogP contribution in [0.5, 0.6) is 0 Å². The molecule has 2 aromatic heterocycles. The molecule has 0 spiro atoms. The van der Waals surface area contributed by atoms with Gasteiger partial charge in [0.25, 0.3) is 5.91 Å². The van der Waals surface area contributed by atoms with E-state index < -0.39 is 0 Å². The van der Waals surface area contributed by atoms with Crippen LogP contribution in [0.1, 0.15) is 16.2 Å². The number of rotatable bonds is 3. The summed E-state index contributed by atoms with van der Waals surface area (Å²) in [5.41, 5.74) is 2.92. The molecule has 0 atom stereocenters. The number of hydrogen-bond donors (Lipinski definition) is 3. The third kappa shape index (κ3) is 2.73. The first kappa shape index (κ1) is 13.6. The predicted molar refractivity (Wildman–Crippen MR) is 83.0 cm³/mol. The molecule has 0 aliphatic carbocycles. The summed E-state index contributed by atoms with van der Waals surface area (Å²) < 4.78 is 0.928. The van der Waals surface area contributed by atoms with Gasteiger partial charge in [-0.15, -0.1) is 0 Å². The molecule has 7 heteroatoms. The van der Waals surface area contributed by atoms with Crippen LogP contribution in [0, 0.1) is 6.92 Å². The summed E-state index contributed by atoms with van der Waals surface area (Å²) in [6, 6.07) is 9.42. The number of carbonyl (C=O) groups excluding carboxylic acids is 1. The zero-order valence-electron chi connectivity index (χ0n) is 11.1. The zero-order chi connectivity index (χ0) is 14.8. The van der Waals surface area contributed by atoms with Crippen LogP contribution in [0.3, 0.4) is 0 Å². The van der Waals surface area contributed by atoms with E-state index in [2.05, 4.69) is 41.6 Å². The third-order valence-corrected chi connectivity index (χ3v) is 3.67. The van der Waals surface area contributed by atoms with Crippen molar-refractivity contribution in [1.29, 1.82) is 0 Å². The Kier molecular flexibility index (Phi) is 3.57. The topological polar surface area (TPSA) is 86.5 Å². The van der Waals surface area contributed by atoms with Crippen LogP contribution in [0.2, 0.25) is 0 Å². The maximum atomic E-state index is 12.1. The summed E-state index contributed by atoms with van der Waals surface area (Å²) in [4.78, 5) is 12.1. The zero-order valence-corrected chi connectivity index (χ0v) is 12.7. The molecule has 0 aliphatic rings. The minimum Gasteiger partial charge on any atom is -0.305 e. The monoisotopic (exact) mass is 345 g/mol. The van der Waals surface area contributed by atoms with Crippen LogP contribution in [0.15, 0.2) is 41.0 Å². The van der Waals surface area contributed by atoms with Gasteiger partial charge in [0.2, 0.25) is 0 Å². The molecule has 0 fully saturated rings. The number of aromatic amines is 2. The second-order valence-electron chi connectivity index (χ2n) is 4.53. The van der Waals surface area contributed by atoms with E-state index in [9.17, 15) is 4.79 Å². The van der Waals surface area contributed by atoms with E-state index in [0.29, 0.717) is 11.5 Å². The summed E-state index contributed by atoms with van der Waals surface area (Å²) in [5.74, 6) is 0.240. The molecule has 6 nitrogen and oxygen atoms in total. The molecule has 1 amide bonds. The minimum absolute atomic E-state index is 0.295. The van der Waals surface area contributed by atoms with E-state index in [-0.39, 0.29) is 5.91 Å². The highest BCUT2D eigenvalue weighted by Crippen LogP contribution is 2.32. The van der Waals surface area contributed by atoms with Gasteiger partial charge in [0.1, 0.15) is 5.82 Å². The van der Waals surface area contributed by atoms with Crippen LogP contribution < -0.4 is 5.32 Å². The fraction of sp³-hybridized carbons (Fsp3) is 0.0714. The summed E-state index contributed by atoms with van der Waals surface area (Å²) in [6.07, 6.45) is 1.67. The molecule has 106 valence electrons. The smallest absolute Gasteiger partial charge is 0.277 e. The second-order valence-corrected chi connectivity index (χ2v) is 5.38. The molecule has 0 unspecified atom stereocenters. The van der Waals surface area contributed by atoms with E-state index in [1.165, 1.54) is 0 Å². The molecule has 3 N–H and O–H groups in total. The van der Waals surface area contributed by atoms with Gasteiger partial charge >= 0.3 is 0 Å². The number of aromatic nitrogens is 4. The molecule has 0 saturated heterocycles. The maximum absolute atomic E-state index is 12.1. The summed E-state index contributed by atoms with van der Waals surface area (Å²) in [6.45, 7) is 1.84. The Labute approximate surface area is 129 Å². The van der Waals surface area contributed by atoms with Crippen LogP contribution in [0.25, 0.3) is 11.1 Å². The Morgan fingerprint density at radius 2 is 2.05 bits per heavy atom. The SMILES string of the molecule is Cc1cc(C(=O)Nc2[nH]ncc2-c2ccccc2Br)n[nH]1. The van der Waals surface area contributed by atoms with E-state index in [1.54, 1.807) is 12.3 Å². The lowest BCUT2D eigenvalue weighted by atomic mass is 10.1. The summed E-state index contributed by atoms with van der Waals surface area (Å²) >= 11 is 3.49. The maximum Gasteiger partial charge on any atom is 0.277 e. The second kappa shape index (κ2) is 5.53. The quantitative estimate of drug-likeness (QED) is 0.681. The molecule has 3 aromatic rings. The number of H-pyrrole nitrogens is 2. The van der Waals surface area contributed by atoms with E-state index >= 15 is 0 Å². The van der Waals surface area contributed by atoms with Crippen molar-refractivity contribution in [1.82, 2.24) is 20.4 Å². The molecule has 0 bridgehead atoms. The number of anilines is 1. The highest BCUT2D eigenvalue weighted by molar-refractivity contribution is 9.10. The average Bonchev–Trinajstić information content (AvgIpc) is 3.08. The number of carbonyl (C=O) groups is 1. The molecule has 0 saturated carbocycles. The van der Waals surface area contributed by atoms with Gasteiger partial charge in [-0.05, 0) is 19.1 Å². The normalized spacial score (nSPS) is 10.6. The predicted octanol–water partition coefficient (Wildman–Crippen LogP) is 3.12.